The smallest absolute Gasteiger partial charge is 0.239 e. The van der Waals surface area contributed by atoms with Crippen LogP contribution < -0.4 is 0 Å². The standard InChI is InChI=1S/C30H38N2O4S/c1-19-3-5-25(21-9-13-35-15-21)31-23(19)7-11-29(27(31)33)17-30(37-18-29)12-8-24-20(2)4-6-26(32(24)28(30)34)22-10-14-36-16-22/h9-10,13-16,19-20,23-26H,3-8,11-12,17-18H2,1-2H3/t19-,20-,23+,24+,25+,26+,29?,30?/m1/s1. The Hall–Kier alpha value is -2.15. The molecule has 7 rings (SSSR count). The number of rotatable bonds is 2. The first kappa shape index (κ1) is 23.9. The summed E-state index contributed by atoms with van der Waals surface area (Å²) in [6, 6.07) is 4.79. The second-order valence-electron chi connectivity index (χ2n) is 12.6. The minimum Gasteiger partial charge on any atom is -0.472 e. The van der Waals surface area contributed by atoms with E-state index in [9.17, 15) is 9.59 Å². The number of hydrogen-bond donors (Lipinski definition) is 0. The van der Waals surface area contributed by atoms with Crippen molar-refractivity contribution < 1.29 is 18.4 Å². The third-order valence-electron chi connectivity index (χ3n) is 10.7. The van der Waals surface area contributed by atoms with Crippen molar-refractivity contribution in [2.45, 2.75) is 101 Å². The molecule has 2 aromatic rings. The molecule has 0 bridgehead atoms. The fraction of sp³-hybridized carbons (Fsp3) is 0.667. The molecule has 198 valence electrons. The van der Waals surface area contributed by atoms with Gasteiger partial charge >= 0.3 is 0 Å². The minimum absolute atomic E-state index is 0.0848. The van der Waals surface area contributed by atoms with E-state index in [0.29, 0.717) is 24.2 Å². The third kappa shape index (κ3) is 3.51. The number of amides is 2. The van der Waals surface area contributed by atoms with E-state index >= 15 is 0 Å². The molecule has 0 radical (unpaired) electrons. The number of carbonyl (C=O) groups excluding carboxylic acids is 2. The number of fused-ring (bicyclic) bond motifs is 2. The average molecular weight is 523 g/mol. The molecule has 0 saturated carbocycles. The molecule has 5 aliphatic rings. The Bertz CT molecular complexity index is 1070. The van der Waals surface area contributed by atoms with E-state index in [1.807, 2.05) is 24.7 Å². The van der Waals surface area contributed by atoms with Crippen molar-refractivity contribution in [3.8, 4) is 0 Å². The van der Waals surface area contributed by atoms with Gasteiger partial charge < -0.3 is 18.6 Å². The van der Waals surface area contributed by atoms with Gasteiger partial charge in [-0.2, -0.15) is 0 Å². The Morgan fingerprint density at radius 3 is 1.92 bits per heavy atom. The first-order chi connectivity index (χ1) is 17.9. The molecule has 6 nitrogen and oxygen atoms in total. The van der Waals surface area contributed by atoms with Gasteiger partial charge in [0, 0.05) is 29.0 Å². The van der Waals surface area contributed by atoms with Gasteiger partial charge in [0.15, 0.2) is 0 Å². The van der Waals surface area contributed by atoms with E-state index in [1.165, 1.54) is 0 Å². The van der Waals surface area contributed by atoms with Crippen LogP contribution in [0.2, 0.25) is 0 Å². The van der Waals surface area contributed by atoms with E-state index < -0.39 is 10.2 Å². The molecule has 0 aliphatic carbocycles. The SMILES string of the molecule is C[C@@H]1CC[C@@H](c2ccoc2)N2C(=O)C3(CC[C@@H]12)CSC1(CC[C@H]2[C@H](C)CC[C@@H](c4ccoc4)N2C1=O)C3. The molecule has 7 heterocycles. The largest absolute Gasteiger partial charge is 0.472 e. The number of piperidine rings is 4. The number of hydrogen-bond acceptors (Lipinski definition) is 5. The highest BCUT2D eigenvalue weighted by atomic mass is 32.2. The normalized spacial score (nSPS) is 41.9. The van der Waals surface area contributed by atoms with E-state index in [4.69, 9.17) is 8.83 Å². The molecule has 8 atom stereocenters. The number of nitrogens with zero attached hydrogens (tertiary/aromatic N) is 2. The van der Waals surface area contributed by atoms with E-state index in [0.717, 1.165) is 68.2 Å². The van der Waals surface area contributed by atoms with Crippen LogP contribution >= 0.6 is 11.8 Å². The lowest BCUT2D eigenvalue weighted by Crippen LogP contribution is -2.62. The van der Waals surface area contributed by atoms with Gasteiger partial charge in [0.05, 0.1) is 47.3 Å². The van der Waals surface area contributed by atoms with E-state index in [-0.39, 0.29) is 30.1 Å². The Balaban J connectivity index is 1.19. The van der Waals surface area contributed by atoms with Crippen molar-refractivity contribution in [1.82, 2.24) is 9.80 Å². The van der Waals surface area contributed by atoms with Crippen LogP contribution in [0.1, 0.15) is 94.8 Å². The van der Waals surface area contributed by atoms with E-state index in [1.54, 1.807) is 24.3 Å². The lowest BCUT2D eigenvalue weighted by Gasteiger charge is -2.54. The summed E-state index contributed by atoms with van der Waals surface area (Å²) in [7, 11) is 0. The fourth-order valence-corrected chi connectivity index (χ4v) is 10.4. The van der Waals surface area contributed by atoms with Crippen molar-refractivity contribution in [2.24, 2.45) is 17.3 Å². The van der Waals surface area contributed by atoms with Crippen molar-refractivity contribution >= 4 is 23.6 Å². The van der Waals surface area contributed by atoms with Crippen molar-refractivity contribution in [3.63, 3.8) is 0 Å². The number of thioether (sulfide) groups is 1. The molecule has 2 unspecified atom stereocenters. The van der Waals surface area contributed by atoms with Crippen LogP contribution in [0.4, 0.5) is 0 Å². The maximum atomic E-state index is 14.5. The van der Waals surface area contributed by atoms with Crippen LogP contribution in [-0.2, 0) is 9.59 Å². The lowest BCUT2D eigenvalue weighted by atomic mass is 9.66. The van der Waals surface area contributed by atoms with Crippen molar-refractivity contribution in [3.05, 3.63) is 48.3 Å². The second-order valence-corrected chi connectivity index (χ2v) is 14.0. The predicted octanol–water partition coefficient (Wildman–Crippen LogP) is 6.36. The van der Waals surface area contributed by atoms with Gasteiger partial charge in [-0.15, -0.1) is 11.8 Å². The van der Waals surface area contributed by atoms with Crippen LogP contribution in [0.15, 0.2) is 46.0 Å². The van der Waals surface area contributed by atoms with E-state index in [2.05, 4.69) is 23.6 Å². The van der Waals surface area contributed by atoms with Crippen molar-refractivity contribution in [1.29, 1.82) is 0 Å². The quantitative estimate of drug-likeness (QED) is 0.459. The molecule has 7 heteroatoms. The molecule has 2 amide bonds. The van der Waals surface area contributed by atoms with Crippen molar-refractivity contribution in [2.75, 3.05) is 5.75 Å². The van der Waals surface area contributed by atoms with Gasteiger partial charge in [0.1, 0.15) is 0 Å². The predicted molar refractivity (Wildman–Crippen MR) is 142 cm³/mol. The van der Waals surface area contributed by atoms with Crippen LogP contribution in [-0.4, -0.2) is 44.2 Å². The summed E-state index contributed by atoms with van der Waals surface area (Å²) >= 11 is 1.80. The summed E-state index contributed by atoms with van der Waals surface area (Å²) < 4.78 is 10.4. The Kier molecular flexibility index (Phi) is 5.62. The number of carbonyl (C=O) groups is 2. The summed E-state index contributed by atoms with van der Waals surface area (Å²) in [5.74, 6) is 2.34. The van der Waals surface area contributed by atoms with Crippen LogP contribution in [0, 0.1) is 17.3 Å². The maximum Gasteiger partial charge on any atom is 0.239 e. The summed E-state index contributed by atoms with van der Waals surface area (Å²) in [5, 5.41) is 0. The van der Waals surface area contributed by atoms with Gasteiger partial charge in [0.25, 0.3) is 0 Å². The first-order valence-corrected chi connectivity index (χ1v) is 15.2. The minimum atomic E-state index is -0.482. The topological polar surface area (TPSA) is 66.9 Å². The Morgan fingerprint density at radius 2 is 1.35 bits per heavy atom. The van der Waals surface area contributed by atoms with Gasteiger partial charge in [-0.25, -0.2) is 0 Å². The molecule has 5 saturated heterocycles. The zero-order chi connectivity index (χ0) is 25.4. The molecule has 5 fully saturated rings. The van der Waals surface area contributed by atoms with Gasteiger partial charge in [-0.3, -0.25) is 9.59 Å². The Morgan fingerprint density at radius 1 is 0.784 bits per heavy atom. The highest BCUT2D eigenvalue weighted by Crippen LogP contribution is 2.61. The number of furan rings is 2. The summed E-state index contributed by atoms with van der Waals surface area (Å²) in [5.41, 5.74) is 1.79. The zero-order valence-electron chi connectivity index (χ0n) is 21.9. The van der Waals surface area contributed by atoms with Crippen LogP contribution in [0.5, 0.6) is 0 Å². The molecule has 37 heavy (non-hydrogen) atoms. The molecule has 2 spiro atoms. The maximum absolute atomic E-state index is 14.5. The highest BCUT2D eigenvalue weighted by Gasteiger charge is 2.64. The molecular formula is C30H38N2O4S. The monoisotopic (exact) mass is 522 g/mol. The van der Waals surface area contributed by atoms with Crippen LogP contribution in [0.3, 0.4) is 0 Å². The van der Waals surface area contributed by atoms with Gasteiger partial charge in [-0.1, -0.05) is 13.8 Å². The summed E-state index contributed by atoms with van der Waals surface area (Å²) in [6.07, 6.45) is 15.9. The van der Waals surface area contributed by atoms with Crippen LogP contribution in [0.25, 0.3) is 0 Å². The average Bonchev–Trinajstić information content (AvgIpc) is 3.68. The molecule has 0 aromatic carbocycles. The second kappa shape index (κ2) is 8.69. The highest BCUT2D eigenvalue weighted by molar-refractivity contribution is 8.01. The molecule has 5 aliphatic heterocycles. The fourth-order valence-electron chi connectivity index (χ4n) is 8.58. The summed E-state index contributed by atoms with van der Waals surface area (Å²) in [4.78, 5) is 33.4. The molecule has 2 aromatic heterocycles. The summed E-state index contributed by atoms with van der Waals surface area (Å²) in [6.45, 7) is 4.61. The first-order valence-electron chi connectivity index (χ1n) is 14.3. The third-order valence-corrected chi connectivity index (χ3v) is 12.4. The lowest BCUT2D eigenvalue weighted by molar-refractivity contribution is -0.160. The Labute approximate surface area is 223 Å². The zero-order valence-corrected chi connectivity index (χ0v) is 22.8. The van der Waals surface area contributed by atoms with Gasteiger partial charge in [-0.05, 0) is 81.8 Å². The molecular weight excluding hydrogens is 484 g/mol. The van der Waals surface area contributed by atoms with Gasteiger partial charge in [0.2, 0.25) is 11.8 Å². The molecule has 0 N–H and O–H groups in total.